The fourth-order valence-electron chi connectivity index (χ4n) is 2.70. The first-order valence-electron chi connectivity index (χ1n) is 8.37. The second-order valence-corrected chi connectivity index (χ2v) is 8.31. The number of sulfonamides is 1. The van der Waals surface area contributed by atoms with E-state index in [2.05, 4.69) is 5.43 Å². The van der Waals surface area contributed by atoms with Crippen LogP contribution in [0.2, 0.25) is 5.02 Å². The summed E-state index contributed by atoms with van der Waals surface area (Å²) in [6.45, 7) is 1.18. The third kappa shape index (κ3) is 4.41. The summed E-state index contributed by atoms with van der Waals surface area (Å²) in [5, 5.41) is 1.64. The lowest BCUT2D eigenvalue weighted by Crippen LogP contribution is -2.41. The molecule has 2 aromatic carbocycles. The van der Waals surface area contributed by atoms with Gasteiger partial charge in [-0.1, -0.05) is 29.8 Å². The van der Waals surface area contributed by atoms with Gasteiger partial charge < -0.3 is 4.74 Å². The van der Waals surface area contributed by atoms with E-state index >= 15 is 0 Å². The predicted molar refractivity (Wildman–Crippen MR) is 103 cm³/mol. The molecule has 7 nitrogen and oxygen atoms in total. The van der Waals surface area contributed by atoms with Gasteiger partial charge in [0.25, 0.3) is 5.91 Å². The standard InChI is InChI=1S/C18H20ClN3O4S/c1-21(15-5-3-2-4-6-15)20-18(23)14-7-8-16(19)17(13-14)27(24,25)22-9-11-26-12-10-22/h2-8,13H,9-12H2,1H3,(H,20,23). The van der Waals surface area contributed by atoms with Gasteiger partial charge in [-0.2, -0.15) is 4.31 Å². The minimum absolute atomic E-state index is 0.0782. The number of carbonyl (C=O) groups is 1. The molecule has 0 aromatic heterocycles. The number of halogens is 1. The number of ether oxygens (including phenoxy) is 1. The average molecular weight is 410 g/mol. The normalized spacial score (nSPS) is 15.3. The molecule has 1 saturated heterocycles. The van der Waals surface area contributed by atoms with Crippen molar-refractivity contribution in [2.45, 2.75) is 4.90 Å². The molecule has 1 aliphatic heterocycles. The summed E-state index contributed by atoms with van der Waals surface area (Å²) in [6, 6.07) is 13.5. The molecule has 0 aliphatic carbocycles. The van der Waals surface area contributed by atoms with Crippen molar-refractivity contribution in [2.75, 3.05) is 38.4 Å². The average Bonchev–Trinajstić information content (AvgIpc) is 2.69. The van der Waals surface area contributed by atoms with E-state index in [0.29, 0.717) is 13.2 Å². The third-order valence-corrected chi connectivity index (χ3v) is 6.57. The van der Waals surface area contributed by atoms with Crippen LogP contribution in [0.5, 0.6) is 0 Å². The maximum atomic E-state index is 12.9. The number of amides is 1. The van der Waals surface area contributed by atoms with Crippen molar-refractivity contribution in [3.8, 4) is 0 Å². The van der Waals surface area contributed by atoms with Crippen LogP contribution in [0.4, 0.5) is 5.69 Å². The highest BCUT2D eigenvalue weighted by Crippen LogP contribution is 2.26. The van der Waals surface area contributed by atoms with Gasteiger partial charge in [0.2, 0.25) is 10.0 Å². The lowest BCUT2D eigenvalue weighted by atomic mass is 10.2. The highest BCUT2D eigenvalue weighted by atomic mass is 35.5. The summed E-state index contributed by atoms with van der Waals surface area (Å²) in [5.41, 5.74) is 3.71. The Labute approximate surface area is 163 Å². The number of benzene rings is 2. The molecule has 9 heteroatoms. The fourth-order valence-corrected chi connectivity index (χ4v) is 4.61. The number of nitrogens with one attached hydrogen (secondary N) is 1. The smallest absolute Gasteiger partial charge is 0.269 e. The van der Waals surface area contributed by atoms with E-state index in [1.54, 1.807) is 12.1 Å². The van der Waals surface area contributed by atoms with Gasteiger partial charge in [-0.25, -0.2) is 8.42 Å². The summed E-state index contributed by atoms with van der Waals surface area (Å²) in [5.74, 6) is -0.434. The van der Waals surface area contributed by atoms with Gasteiger partial charge in [-0.05, 0) is 30.3 Å². The van der Waals surface area contributed by atoms with Crippen molar-refractivity contribution in [2.24, 2.45) is 0 Å². The molecule has 2 aromatic rings. The molecule has 1 aliphatic rings. The molecule has 1 amide bonds. The van der Waals surface area contributed by atoms with Crippen LogP contribution in [-0.4, -0.2) is 52.0 Å². The van der Waals surface area contributed by atoms with Crippen molar-refractivity contribution in [1.29, 1.82) is 0 Å². The lowest BCUT2D eigenvalue weighted by molar-refractivity contribution is 0.0730. The Morgan fingerprint density at radius 1 is 1.15 bits per heavy atom. The molecule has 0 spiro atoms. The topological polar surface area (TPSA) is 79.0 Å². The Balaban J connectivity index is 1.83. The number of hydrogen-bond acceptors (Lipinski definition) is 5. The molecule has 1 heterocycles. The quantitative estimate of drug-likeness (QED) is 0.765. The first-order valence-corrected chi connectivity index (χ1v) is 10.2. The minimum Gasteiger partial charge on any atom is -0.379 e. The minimum atomic E-state index is -3.80. The molecular formula is C18H20ClN3O4S. The molecule has 1 fully saturated rings. The van der Waals surface area contributed by atoms with Crippen LogP contribution in [0.1, 0.15) is 10.4 Å². The molecule has 1 N–H and O–H groups in total. The van der Waals surface area contributed by atoms with Crippen LogP contribution in [0.25, 0.3) is 0 Å². The van der Waals surface area contributed by atoms with Crippen LogP contribution < -0.4 is 10.4 Å². The highest BCUT2D eigenvalue weighted by molar-refractivity contribution is 7.89. The number of morpholine rings is 1. The Kier molecular flexibility index (Phi) is 6.01. The molecule has 27 heavy (non-hydrogen) atoms. The predicted octanol–water partition coefficient (Wildman–Crippen LogP) is 2.14. The van der Waals surface area contributed by atoms with Gasteiger partial charge in [-0.15, -0.1) is 0 Å². The Morgan fingerprint density at radius 2 is 1.81 bits per heavy atom. The number of hydrogen-bond donors (Lipinski definition) is 1. The number of carbonyl (C=O) groups excluding carboxylic acids is 1. The number of rotatable bonds is 5. The summed E-state index contributed by atoms with van der Waals surface area (Å²) in [6.07, 6.45) is 0. The summed E-state index contributed by atoms with van der Waals surface area (Å²) >= 11 is 6.13. The largest absolute Gasteiger partial charge is 0.379 e. The molecule has 144 valence electrons. The van der Waals surface area contributed by atoms with Gasteiger partial charge in [0, 0.05) is 25.7 Å². The summed E-state index contributed by atoms with van der Waals surface area (Å²) < 4.78 is 32.3. The van der Waals surface area contributed by atoms with E-state index in [4.69, 9.17) is 16.3 Å². The van der Waals surface area contributed by atoms with E-state index in [9.17, 15) is 13.2 Å². The van der Waals surface area contributed by atoms with Gasteiger partial charge in [0.15, 0.2) is 0 Å². The van der Waals surface area contributed by atoms with Crippen molar-refractivity contribution in [1.82, 2.24) is 9.73 Å². The second-order valence-electron chi connectivity index (χ2n) is 6.00. The van der Waals surface area contributed by atoms with Gasteiger partial charge >= 0.3 is 0 Å². The number of hydrazine groups is 1. The number of anilines is 1. The molecule has 0 bridgehead atoms. The van der Waals surface area contributed by atoms with Crippen molar-refractivity contribution in [3.05, 3.63) is 59.1 Å². The van der Waals surface area contributed by atoms with Crippen LogP contribution >= 0.6 is 11.6 Å². The first-order chi connectivity index (χ1) is 12.9. The molecule has 3 rings (SSSR count). The monoisotopic (exact) mass is 409 g/mol. The first kappa shape index (κ1) is 19.6. The van der Waals surface area contributed by atoms with E-state index in [1.165, 1.54) is 22.5 Å². The van der Waals surface area contributed by atoms with E-state index < -0.39 is 15.9 Å². The van der Waals surface area contributed by atoms with Crippen molar-refractivity contribution in [3.63, 3.8) is 0 Å². The summed E-state index contributed by atoms with van der Waals surface area (Å²) in [4.78, 5) is 12.5. The lowest BCUT2D eigenvalue weighted by Gasteiger charge is -2.26. The third-order valence-electron chi connectivity index (χ3n) is 4.19. The molecule has 0 radical (unpaired) electrons. The molecule has 0 atom stereocenters. The Hall–Kier alpha value is -2.13. The van der Waals surface area contributed by atoms with E-state index in [0.717, 1.165) is 5.69 Å². The maximum Gasteiger partial charge on any atom is 0.269 e. The zero-order valence-electron chi connectivity index (χ0n) is 14.8. The van der Waals surface area contributed by atoms with Gasteiger partial charge in [0.05, 0.1) is 23.9 Å². The van der Waals surface area contributed by atoms with Crippen LogP contribution in [0.15, 0.2) is 53.4 Å². The SMILES string of the molecule is CN(NC(=O)c1ccc(Cl)c(S(=O)(=O)N2CCOCC2)c1)c1ccccc1. The zero-order chi connectivity index (χ0) is 19.4. The van der Waals surface area contributed by atoms with E-state index in [-0.39, 0.29) is 28.6 Å². The molecular weight excluding hydrogens is 390 g/mol. The Bertz CT molecular complexity index is 915. The number of nitrogens with zero attached hydrogens (tertiary/aromatic N) is 2. The molecule has 0 unspecified atom stereocenters. The zero-order valence-corrected chi connectivity index (χ0v) is 16.3. The maximum absolute atomic E-state index is 12.9. The van der Waals surface area contributed by atoms with E-state index in [1.807, 2.05) is 30.3 Å². The van der Waals surface area contributed by atoms with Gasteiger partial charge in [-0.3, -0.25) is 15.2 Å². The fraction of sp³-hybridized carbons (Fsp3) is 0.278. The van der Waals surface area contributed by atoms with Crippen LogP contribution in [0, 0.1) is 0 Å². The van der Waals surface area contributed by atoms with Crippen LogP contribution in [-0.2, 0) is 14.8 Å². The number of para-hydroxylation sites is 1. The Morgan fingerprint density at radius 3 is 2.48 bits per heavy atom. The highest BCUT2D eigenvalue weighted by Gasteiger charge is 2.29. The van der Waals surface area contributed by atoms with Gasteiger partial charge in [0.1, 0.15) is 4.90 Å². The van der Waals surface area contributed by atoms with Crippen molar-refractivity contribution >= 4 is 33.2 Å². The van der Waals surface area contributed by atoms with Crippen LogP contribution in [0.3, 0.4) is 0 Å². The van der Waals surface area contributed by atoms with Crippen molar-refractivity contribution < 1.29 is 17.9 Å². The second kappa shape index (κ2) is 8.26. The summed E-state index contributed by atoms with van der Waals surface area (Å²) in [7, 11) is -2.10. The molecule has 0 saturated carbocycles.